The molecular formula is C7H4ClF. The number of rotatable bonds is 0. The van der Waals surface area contributed by atoms with E-state index in [1.807, 2.05) is 0 Å². The second-order valence-corrected chi connectivity index (χ2v) is 2.07. The van der Waals surface area contributed by atoms with Gasteiger partial charge in [-0.2, -0.15) is 0 Å². The van der Waals surface area contributed by atoms with Crippen LogP contribution in [0.4, 0.5) is 4.39 Å². The minimum atomic E-state index is -0.366. The summed E-state index contributed by atoms with van der Waals surface area (Å²) in [5, 5.41) is 0.259. The molecule has 1 rings (SSSR count). The number of hydrogen-bond donors (Lipinski definition) is 0. The van der Waals surface area contributed by atoms with E-state index < -0.39 is 0 Å². The van der Waals surface area contributed by atoms with Gasteiger partial charge in [0.05, 0.1) is 0 Å². The van der Waals surface area contributed by atoms with Crippen molar-refractivity contribution in [2.75, 3.05) is 0 Å². The van der Waals surface area contributed by atoms with Crippen LogP contribution in [-0.4, -0.2) is 0 Å². The Kier molecular flexibility index (Phi) is 1.72. The predicted molar refractivity (Wildman–Crippen MR) is 34.8 cm³/mol. The van der Waals surface area contributed by atoms with Crippen molar-refractivity contribution in [1.82, 2.24) is 0 Å². The maximum Gasteiger partial charge on any atom is 0.124 e. The van der Waals surface area contributed by atoms with E-state index in [1.165, 1.54) is 18.2 Å². The Balaban J connectivity index is 3.17. The van der Waals surface area contributed by atoms with Gasteiger partial charge in [0.25, 0.3) is 0 Å². The van der Waals surface area contributed by atoms with E-state index in [0.29, 0.717) is 5.56 Å². The van der Waals surface area contributed by atoms with Crippen LogP contribution in [0.1, 0.15) is 5.56 Å². The quantitative estimate of drug-likeness (QED) is 0.522. The normalized spacial score (nSPS) is 9.67. The molecule has 0 aliphatic heterocycles. The highest BCUT2D eigenvalue weighted by atomic mass is 35.5. The van der Waals surface area contributed by atoms with Gasteiger partial charge >= 0.3 is 0 Å². The van der Waals surface area contributed by atoms with Gasteiger partial charge in [-0.25, -0.2) is 4.39 Å². The number of benzene rings is 1. The van der Waals surface area contributed by atoms with Crippen LogP contribution in [0, 0.1) is 12.7 Å². The molecule has 0 aliphatic carbocycles. The predicted octanol–water partition coefficient (Wildman–Crippen LogP) is 2.54. The molecule has 1 aromatic rings. The molecule has 0 saturated carbocycles. The van der Waals surface area contributed by atoms with E-state index >= 15 is 0 Å². The Morgan fingerprint density at radius 3 is 2.56 bits per heavy atom. The van der Waals surface area contributed by atoms with E-state index in [2.05, 4.69) is 0 Å². The third kappa shape index (κ3) is 1.42. The lowest BCUT2D eigenvalue weighted by molar-refractivity contribution is 0.627. The zero-order valence-electron chi connectivity index (χ0n) is 4.57. The number of hydrogen-bond acceptors (Lipinski definition) is 0. The van der Waals surface area contributed by atoms with Crippen molar-refractivity contribution >= 4 is 11.6 Å². The van der Waals surface area contributed by atoms with Crippen LogP contribution in [0.2, 0.25) is 5.02 Å². The average Bonchev–Trinajstić information content (AvgIpc) is 1.80. The van der Waals surface area contributed by atoms with E-state index in [-0.39, 0.29) is 10.8 Å². The molecule has 0 N–H and O–H groups in total. The maximum absolute atomic E-state index is 12.2. The molecule has 2 heteroatoms. The molecule has 0 fully saturated rings. The first kappa shape index (κ1) is 6.56. The van der Waals surface area contributed by atoms with E-state index in [1.54, 1.807) is 0 Å². The summed E-state index contributed by atoms with van der Waals surface area (Å²) < 4.78 is 12.2. The molecule has 9 heavy (non-hydrogen) atoms. The average molecular weight is 143 g/mol. The van der Waals surface area contributed by atoms with E-state index in [0.717, 1.165) is 0 Å². The van der Waals surface area contributed by atoms with Gasteiger partial charge in [0.15, 0.2) is 0 Å². The van der Waals surface area contributed by atoms with Gasteiger partial charge in [0.2, 0.25) is 0 Å². The van der Waals surface area contributed by atoms with Gasteiger partial charge in [0.1, 0.15) is 5.82 Å². The lowest BCUT2D eigenvalue weighted by Gasteiger charge is -1.93. The zero-order chi connectivity index (χ0) is 6.85. The first-order valence-corrected chi connectivity index (χ1v) is 2.78. The highest BCUT2D eigenvalue weighted by molar-refractivity contribution is 6.31. The summed E-state index contributed by atoms with van der Waals surface area (Å²) in [7, 11) is 0. The smallest absolute Gasteiger partial charge is 0.124 e. The van der Waals surface area contributed by atoms with Crippen LogP contribution < -0.4 is 0 Å². The first-order chi connectivity index (χ1) is 4.20. The van der Waals surface area contributed by atoms with Crippen molar-refractivity contribution < 1.29 is 4.39 Å². The summed E-state index contributed by atoms with van der Waals surface area (Å²) in [5.74, 6) is -0.366. The van der Waals surface area contributed by atoms with Gasteiger partial charge < -0.3 is 0 Å². The highest BCUT2D eigenvalue weighted by Gasteiger charge is 1.94. The van der Waals surface area contributed by atoms with E-state index in [4.69, 9.17) is 18.5 Å². The third-order valence-electron chi connectivity index (χ3n) is 0.962. The third-order valence-corrected chi connectivity index (χ3v) is 1.29. The van der Waals surface area contributed by atoms with Crippen molar-refractivity contribution in [3.05, 3.63) is 41.5 Å². The minimum Gasteiger partial charge on any atom is -0.207 e. The molecule has 0 nitrogen and oxygen atoms in total. The lowest BCUT2D eigenvalue weighted by atomic mass is 10.2. The molecule has 0 amide bonds. The van der Waals surface area contributed by atoms with Crippen molar-refractivity contribution in [2.45, 2.75) is 0 Å². The molecule has 0 spiro atoms. The molecule has 0 heterocycles. The van der Waals surface area contributed by atoms with Gasteiger partial charge in [-0.05, 0) is 17.7 Å². The molecule has 0 unspecified atom stereocenters. The standard InChI is InChI=1S/C7H4ClF/c1-5-2-3-6(9)4-7(5)8/h1-4H. The van der Waals surface area contributed by atoms with Gasteiger partial charge in [0, 0.05) is 11.9 Å². The van der Waals surface area contributed by atoms with Crippen LogP contribution in [-0.2, 0) is 0 Å². The summed E-state index contributed by atoms with van der Waals surface area (Å²) in [4.78, 5) is 0. The monoisotopic (exact) mass is 142 g/mol. The highest BCUT2D eigenvalue weighted by Crippen LogP contribution is 2.14. The molecule has 0 aromatic heterocycles. The van der Waals surface area contributed by atoms with Crippen molar-refractivity contribution in [3.8, 4) is 0 Å². The summed E-state index contributed by atoms with van der Waals surface area (Å²) in [6.45, 7) is 5.29. The molecule has 0 bridgehead atoms. The number of halogens is 2. The Bertz CT molecular complexity index is 220. The molecule has 2 radical (unpaired) electrons. The van der Waals surface area contributed by atoms with Crippen molar-refractivity contribution in [1.29, 1.82) is 0 Å². The van der Waals surface area contributed by atoms with Gasteiger partial charge in [-0.1, -0.05) is 17.7 Å². The Morgan fingerprint density at radius 1 is 1.44 bits per heavy atom. The molecule has 1 aromatic carbocycles. The van der Waals surface area contributed by atoms with Gasteiger partial charge in [-0.15, -0.1) is 0 Å². The SMILES string of the molecule is [CH]c1ccc(F)cc1Cl. The first-order valence-electron chi connectivity index (χ1n) is 2.40. The Hall–Kier alpha value is -0.560. The Morgan fingerprint density at radius 2 is 2.11 bits per heavy atom. The molecule has 0 saturated heterocycles. The zero-order valence-corrected chi connectivity index (χ0v) is 5.32. The molecule has 0 aliphatic rings. The fraction of sp³-hybridized carbons (Fsp3) is 0. The van der Waals surface area contributed by atoms with Crippen LogP contribution >= 0.6 is 11.6 Å². The van der Waals surface area contributed by atoms with Crippen LogP contribution in [0.15, 0.2) is 18.2 Å². The second-order valence-electron chi connectivity index (χ2n) is 1.67. The van der Waals surface area contributed by atoms with Crippen LogP contribution in [0.25, 0.3) is 0 Å². The fourth-order valence-corrected chi connectivity index (χ4v) is 0.669. The molecule has 46 valence electrons. The molecular weight excluding hydrogens is 139 g/mol. The van der Waals surface area contributed by atoms with Crippen LogP contribution in [0.5, 0.6) is 0 Å². The minimum absolute atomic E-state index is 0.259. The maximum atomic E-state index is 12.2. The van der Waals surface area contributed by atoms with Crippen molar-refractivity contribution in [2.24, 2.45) is 0 Å². The summed E-state index contributed by atoms with van der Waals surface area (Å²) in [5.41, 5.74) is 0.401. The lowest BCUT2D eigenvalue weighted by Crippen LogP contribution is -1.76. The summed E-state index contributed by atoms with van der Waals surface area (Å²) in [6.07, 6.45) is 0. The summed E-state index contributed by atoms with van der Waals surface area (Å²) in [6, 6.07) is 3.87. The second kappa shape index (κ2) is 2.36. The van der Waals surface area contributed by atoms with Gasteiger partial charge in [-0.3, -0.25) is 0 Å². The Labute approximate surface area is 58.3 Å². The molecule has 0 atom stereocenters. The largest absolute Gasteiger partial charge is 0.207 e. The topological polar surface area (TPSA) is 0 Å². The van der Waals surface area contributed by atoms with E-state index in [9.17, 15) is 4.39 Å². The van der Waals surface area contributed by atoms with Crippen LogP contribution in [0.3, 0.4) is 0 Å². The summed E-state index contributed by atoms with van der Waals surface area (Å²) >= 11 is 5.45. The van der Waals surface area contributed by atoms with Crippen molar-refractivity contribution in [3.63, 3.8) is 0 Å². The fourth-order valence-electron chi connectivity index (χ4n) is 0.502.